The normalized spacial score (nSPS) is 12.0. The topological polar surface area (TPSA) is 0 Å². The van der Waals surface area contributed by atoms with Gasteiger partial charge in [-0.25, -0.2) is 0 Å². The molecule has 0 aliphatic rings. The minimum absolute atomic E-state index is 1.16. The number of hydrogen-bond acceptors (Lipinski definition) is 0. The van der Waals surface area contributed by atoms with Crippen LogP contribution in [0.2, 0.25) is 0 Å². The van der Waals surface area contributed by atoms with E-state index in [9.17, 15) is 0 Å². The molecule has 13 aromatic carbocycles. The maximum atomic E-state index is 2.34. The lowest BCUT2D eigenvalue weighted by molar-refractivity contribution is 1.55. The Labute approximate surface area is 420 Å². The summed E-state index contributed by atoms with van der Waals surface area (Å²) in [5.74, 6) is 0. The van der Waals surface area contributed by atoms with Gasteiger partial charge in [0.05, 0.1) is 0 Å². The Morgan fingerprint density at radius 1 is 0.167 bits per heavy atom. The molecule has 0 saturated heterocycles. The third-order valence-electron chi connectivity index (χ3n) is 14.4. The highest BCUT2D eigenvalue weighted by Crippen LogP contribution is 2.37. The van der Waals surface area contributed by atoms with Crippen molar-refractivity contribution >= 4 is 101 Å². The van der Waals surface area contributed by atoms with Crippen molar-refractivity contribution < 1.29 is 0 Å². The van der Waals surface area contributed by atoms with Gasteiger partial charge < -0.3 is 0 Å². The number of hydrogen-bond donors (Lipinski definition) is 0. The fourth-order valence-corrected chi connectivity index (χ4v) is 10.7. The molecule has 0 bridgehead atoms. The molecule has 0 atom stereocenters. The van der Waals surface area contributed by atoms with Crippen molar-refractivity contribution in [2.75, 3.05) is 0 Å². The van der Waals surface area contributed by atoms with Crippen LogP contribution in [0.5, 0.6) is 0 Å². The van der Waals surface area contributed by atoms with Gasteiger partial charge in [0, 0.05) is 0 Å². The van der Waals surface area contributed by atoms with Crippen molar-refractivity contribution in [3.05, 3.63) is 288 Å². The molecule has 13 rings (SSSR count). The van der Waals surface area contributed by atoms with E-state index < -0.39 is 0 Å². The summed E-state index contributed by atoms with van der Waals surface area (Å²) in [6.07, 6.45) is 13.6. The summed E-state index contributed by atoms with van der Waals surface area (Å²) in [7, 11) is 0. The van der Waals surface area contributed by atoms with Crippen LogP contribution in [-0.2, 0) is 0 Å². The molecule has 0 aromatic heterocycles. The van der Waals surface area contributed by atoms with E-state index in [-0.39, 0.29) is 0 Å². The van der Waals surface area contributed by atoms with E-state index in [4.69, 9.17) is 0 Å². The molecule has 0 N–H and O–H groups in total. The zero-order valence-electron chi connectivity index (χ0n) is 39.7. The van der Waals surface area contributed by atoms with Gasteiger partial charge in [0.2, 0.25) is 0 Å². The number of rotatable bonds is 9. The minimum Gasteiger partial charge on any atom is -0.0616 e. The van der Waals surface area contributed by atoms with Gasteiger partial charge in [0.15, 0.2) is 0 Å². The van der Waals surface area contributed by atoms with Gasteiger partial charge in [0.1, 0.15) is 0 Å². The summed E-state index contributed by atoms with van der Waals surface area (Å²) >= 11 is 0. The molecule has 13 aromatic rings. The van der Waals surface area contributed by atoms with Crippen LogP contribution in [0.1, 0.15) is 33.4 Å². The second-order valence-electron chi connectivity index (χ2n) is 18.9. The molecule has 336 valence electrons. The van der Waals surface area contributed by atoms with Crippen LogP contribution in [0.3, 0.4) is 0 Å². The molecule has 0 fully saturated rings. The Morgan fingerprint density at radius 2 is 0.375 bits per heavy atom. The van der Waals surface area contributed by atoms with Crippen LogP contribution in [0.4, 0.5) is 0 Å². The lowest BCUT2D eigenvalue weighted by atomic mass is 9.92. The van der Waals surface area contributed by atoms with Gasteiger partial charge in [-0.1, -0.05) is 255 Å². The SMILES string of the molecule is C(=Cc1c2ccccc2cc2ccccc12)c1ccc(-c2cc(-c3ccc(C=Cc4c5ccccc5cc5ccccc45)cc3)cc(-c3ccc(C=Cc4c5ccccc5cc5ccccc45)cc3)c2)cc1. The van der Waals surface area contributed by atoms with Crippen LogP contribution >= 0.6 is 0 Å². The van der Waals surface area contributed by atoms with E-state index in [1.807, 2.05) is 0 Å². The maximum Gasteiger partial charge on any atom is -0.00992 e. The Bertz CT molecular complexity index is 3660. The molecular formula is C72H48. The van der Waals surface area contributed by atoms with E-state index in [1.54, 1.807) is 0 Å². The molecule has 0 aliphatic carbocycles. The zero-order valence-corrected chi connectivity index (χ0v) is 39.7. The van der Waals surface area contributed by atoms with E-state index in [0.29, 0.717) is 0 Å². The Kier molecular flexibility index (Phi) is 11.0. The van der Waals surface area contributed by atoms with Gasteiger partial charge >= 0.3 is 0 Å². The van der Waals surface area contributed by atoms with Crippen LogP contribution in [-0.4, -0.2) is 0 Å². The summed E-state index contributed by atoms with van der Waals surface area (Å²) in [5, 5.41) is 15.1. The van der Waals surface area contributed by atoms with Crippen molar-refractivity contribution in [3.63, 3.8) is 0 Å². The average Bonchev–Trinajstić information content (AvgIpc) is 3.44. The summed E-state index contributed by atoms with van der Waals surface area (Å²) < 4.78 is 0. The molecule has 0 saturated carbocycles. The van der Waals surface area contributed by atoms with E-state index in [1.165, 1.54) is 115 Å². The smallest absolute Gasteiger partial charge is 0.00992 e. The molecule has 0 amide bonds. The largest absolute Gasteiger partial charge is 0.0616 e. The Balaban J connectivity index is 0.847. The number of benzene rings is 13. The molecule has 0 spiro atoms. The van der Waals surface area contributed by atoms with Crippen LogP contribution in [0.25, 0.3) is 134 Å². The zero-order chi connectivity index (χ0) is 47.8. The predicted octanol–water partition coefficient (Wildman–Crippen LogP) is 20.1. The fraction of sp³-hybridized carbons (Fsp3) is 0. The van der Waals surface area contributed by atoms with Crippen molar-refractivity contribution in [1.29, 1.82) is 0 Å². The van der Waals surface area contributed by atoms with Gasteiger partial charge in [0.25, 0.3) is 0 Å². The molecule has 0 nitrogen and oxygen atoms in total. The van der Waals surface area contributed by atoms with Gasteiger partial charge in [-0.2, -0.15) is 0 Å². The number of fused-ring (bicyclic) bond motifs is 6. The monoisotopic (exact) mass is 912 g/mol. The summed E-state index contributed by atoms with van der Waals surface area (Å²) in [6.45, 7) is 0. The Morgan fingerprint density at radius 3 is 0.597 bits per heavy atom. The third-order valence-corrected chi connectivity index (χ3v) is 14.4. The molecule has 0 unspecified atom stereocenters. The van der Waals surface area contributed by atoms with Crippen LogP contribution < -0.4 is 0 Å². The molecule has 0 heterocycles. The molecule has 0 heteroatoms. The summed E-state index contributed by atoms with van der Waals surface area (Å²) in [6, 6.07) is 93.0. The second-order valence-corrected chi connectivity index (χ2v) is 18.9. The van der Waals surface area contributed by atoms with E-state index in [2.05, 4.69) is 291 Å². The first-order valence-corrected chi connectivity index (χ1v) is 24.9. The van der Waals surface area contributed by atoms with Gasteiger partial charge in [-0.15, -0.1) is 0 Å². The quantitative estimate of drug-likeness (QED) is 0.1000. The van der Waals surface area contributed by atoms with Gasteiger partial charge in [-0.3, -0.25) is 0 Å². The lowest BCUT2D eigenvalue weighted by Crippen LogP contribution is -1.87. The maximum absolute atomic E-state index is 2.34. The van der Waals surface area contributed by atoms with Crippen LogP contribution in [0.15, 0.2) is 255 Å². The van der Waals surface area contributed by atoms with Crippen molar-refractivity contribution in [2.45, 2.75) is 0 Å². The van der Waals surface area contributed by atoms with Crippen LogP contribution in [0, 0.1) is 0 Å². The first kappa shape index (κ1) is 42.7. The van der Waals surface area contributed by atoms with Gasteiger partial charge in [-0.05, 0) is 168 Å². The molecule has 72 heavy (non-hydrogen) atoms. The minimum atomic E-state index is 1.16. The standard InChI is InChI=1S/C72H48/c1-7-19-64-55(13-1)43-56-14-2-8-20-65(56)70(64)40-31-49-25-34-52(35-26-49)61-46-62(53-36-27-50(28-37-53)32-41-71-66-21-9-3-15-57(66)44-58-16-4-10-22-67(58)71)48-63(47-61)54-38-29-51(30-39-54)33-42-72-68-23-11-5-17-59(68)45-60-18-6-12-24-69(60)72/h1-48H. The summed E-state index contributed by atoms with van der Waals surface area (Å²) in [5.41, 5.74) is 14.3. The van der Waals surface area contributed by atoms with Crippen molar-refractivity contribution in [1.82, 2.24) is 0 Å². The Hall–Kier alpha value is -9.36. The predicted molar refractivity (Wildman–Crippen MR) is 314 cm³/mol. The molecular weight excluding hydrogens is 865 g/mol. The highest BCUT2D eigenvalue weighted by molar-refractivity contribution is 6.10. The third kappa shape index (κ3) is 8.26. The van der Waals surface area contributed by atoms with E-state index >= 15 is 0 Å². The fourth-order valence-electron chi connectivity index (χ4n) is 10.7. The summed E-state index contributed by atoms with van der Waals surface area (Å²) in [4.78, 5) is 0. The average molecular weight is 913 g/mol. The second kappa shape index (κ2) is 18.5. The highest BCUT2D eigenvalue weighted by Gasteiger charge is 2.11. The lowest BCUT2D eigenvalue weighted by Gasteiger charge is -2.12. The van der Waals surface area contributed by atoms with E-state index in [0.717, 1.165) is 16.7 Å². The molecule has 0 radical (unpaired) electrons. The van der Waals surface area contributed by atoms with Crippen molar-refractivity contribution in [2.24, 2.45) is 0 Å². The first-order chi connectivity index (χ1) is 35.6. The highest BCUT2D eigenvalue weighted by atomic mass is 14.2. The van der Waals surface area contributed by atoms with Crippen molar-refractivity contribution in [3.8, 4) is 33.4 Å². The molecule has 0 aliphatic heterocycles. The first-order valence-electron chi connectivity index (χ1n) is 24.9.